The van der Waals surface area contributed by atoms with Crippen molar-refractivity contribution in [2.75, 3.05) is 13.2 Å². The van der Waals surface area contributed by atoms with Gasteiger partial charge in [0.1, 0.15) is 17.8 Å². The van der Waals surface area contributed by atoms with Gasteiger partial charge >= 0.3 is 0 Å². The number of benzene rings is 7. The summed E-state index contributed by atoms with van der Waals surface area (Å²) in [4.78, 5) is 0. The Labute approximate surface area is 291 Å². The second kappa shape index (κ2) is 8.75. The predicted octanol–water partition coefficient (Wildman–Crippen LogP) is 6.75. The molecule has 3 aliphatic heterocycles. The predicted molar refractivity (Wildman–Crippen MR) is 200 cm³/mol. The summed E-state index contributed by atoms with van der Waals surface area (Å²) in [6.07, 6.45) is 0.416. The van der Waals surface area contributed by atoms with Gasteiger partial charge in [-0.1, -0.05) is 50.2 Å². The second-order valence-electron chi connectivity index (χ2n) is 16.1. The average molecular weight is 676 g/mol. The Bertz CT molecular complexity index is 2840. The third-order valence-electron chi connectivity index (χ3n) is 14.0. The van der Waals surface area contributed by atoms with Gasteiger partial charge < -0.3 is 34.5 Å². The van der Waals surface area contributed by atoms with E-state index in [2.05, 4.69) is 41.0 Å². The van der Waals surface area contributed by atoms with Crippen LogP contribution in [-0.2, 0) is 41.7 Å². The van der Waals surface area contributed by atoms with Crippen LogP contribution in [-0.4, -0.2) is 67.9 Å². The van der Waals surface area contributed by atoms with Crippen LogP contribution in [0.1, 0.15) is 60.1 Å². The minimum atomic E-state index is -1.69. The van der Waals surface area contributed by atoms with E-state index in [-0.39, 0.29) is 19.4 Å². The fourth-order valence-corrected chi connectivity index (χ4v) is 12.2. The third kappa shape index (κ3) is 2.86. The van der Waals surface area contributed by atoms with Crippen molar-refractivity contribution in [2.24, 2.45) is 0 Å². The molecule has 4 N–H and O–H groups in total. The van der Waals surface area contributed by atoms with Crippen LogP contribution in [0.5, 0.6) is 0 Å². The van der Waals surface area contributed by atoms with Gasteiger partial charge in [-0.25, -0.2) is 0 Å². The van der Waals surface area contributed by atoms with Crippen LogP contribution in [0.25, 0.3) is 86.4 Å². The van der Waals surface area contributed by atoms with E-state index in [1.807, 2.05) is 13.8 Å². The van der Waals surface area contributed by atoms with Crippen molar-refractivity contribution >= 4 is 86.4 Å². The van der Waals surface area contributed by atoms with Crippen molar-refractivity contribution in [1.82, 2.24) is 4.57 Å². The Morgan fingerprint density at radius 1 is 0.667 bits per heavy atom. The number of aryl methyl sites for hydroxylation is 2. The highest BCUT2D eigenvalue weighted by molar-refractivity contribution is 6.55. The second-order valence-corrected chi connectivity index (χ2v) is 16.1. The summed E-state index contributed by atoms with van der Waals surface area (Å²) in [6.45, 7) is 4.32. The molecule has 0 radical (unpaired) electrons. The van der Waals surface area contributed by atoms with Crippen molar-refractivity contribution in [3.05, 3.63) is 69.8 Å². The van der Waals surface area contributed by atoms with Crippen LogP contribution in [0.3, 0.4) is 0 Å². The lowest BCUT2D eigenvalue weighted by Crippen LogP contribution is -2.74. The zero-order valence-electron chi connectivity index (χ0n) is 28.6. The molecular weight excluding hydrogens is 638 g/mol. The molecule has 4 bridgehead atoms. The first-order valence-electron chi connectivity index (χ1n) is 18.9. The number of rotatable bonds is 5. The topological polar surface area (TPSA) is 104 Å². The van der Waals surface area contributed by atoms with Crippen LogP contribution >= 0.6 is 0 Å². The Morgan fingerprint density at radius 3 is 1.75 bits per heavy atom. The van der Waals surface area contributed by atoms with Crippen LogP contribution < -0.4 is 0 Å². The number of pyridine rings is 1. The fourth-order valence-electron chi connectivity index (χ4n) is 12.2. The van der Waals surface area contributed by atoms with Gasteiger partial charge in [0.05, 0.1) is 30.4 Å². The molecule has 3 fully saturated rings. The van der Waals surface area contributed by atoms with Gasteiger partial charge in [-0.2, -0.15) is 0 Å². The first-order chi connectivity index (χ1) is 24.9. The van der Waals surface area contributed by atoms with Gasteiger partial charge in [0.25, 0.3) is 0 Å². The molecule has 5 unspecified atom stereocenters. The summed E-state index contributed by atoms with van der Waals surface area (Å²) in [5.74, 6) is -1.49. The van der Waals surface area contributed by atoms with Gasteiger partial charge in [0.2, 0.25) is 0 Å². The molecule has 0 spiro atoms. The Kier molecular flexibility index (Phi) is 4.89. The minimum Gasteiger partial charge on any atom is -0.394 e. The normalized spacial score (nSPS) is 27.5. The van der Waals surface area contributed by atoms with Crippen LogP contribution in [0, 0.1) is 0 Å². The molecule has 0 amide bonds. The first kappa shape index (κ1) is 28.5. The number of aromatic nitrogens is 1. The van der Waals surface area contributed by atoms with Crippen molar-refractivity contribution in [3.8, 4) is 0 Å². The molecule has 4 heterocycles. The van der Waals surface area contributed by atoms with Crippen molar-refractivity contribution in [1.29, 1.82) is 0 Å². The van der Waals surface area contributed by atoms with Crippen LogP contribution in [0.15, 0.2) is 36.4 Å². The summed E-state index contributed by atoms with van der Waals surface area (Å²) < 4.78 is 15.1. The highest BCUT2D eigenvalue weighted by Crippen LogP contribution is 2.61. The molecule has 1 aromatic heterocycles. The number of nitrogens with zero attached hydrogens (tertiary/aromatic N) is 1. The van der Waals surface area contributed by atoms with E-state index in [1.54, 1.807) is 0 Å². The molecule has 6 aliphatic rings. The fraction of sp³-hybridized carbons (Fsp3) is 0.364. The zero-order chi connectivity index (χ0) is 34.0. The zero-order valence-corrected chi connectivity index (χ0v) is 28.6. The average Bonchev–Trinajstić information content (AvgIpc) is 3.78. The summed E-state index contributed by atoms with van der Waals surface area (Å²) in [6, 6.07) is 14.6. The maximum Gasteiger partial charge on any atom is 0.197 e. The molecular formula is C44H37NO6. The molecule has 1 saturated carbocycles. The lowest BCUT2D eigenvalue weighted by atomic mass is 9.70. The Morgan fingerprint density at radius 2 is 1.18 bits per heavy atom. The monoisotopic (exact) mass is 675 g/mol. The van der Waals surface area contributed by atoms with E-state index in [0.717, 1.165) is 25.7 Å². The van der Waals surface area contributed by atoms with Crippen LogP contribution in [0.4, 0.5) is 0 Å². The van der Waals surface area contributed by atoms with Gasteiger partial charge in [-0.3, -0.25) is 0 Å². The van der Waals surface area contributed by atoms with Gasteiger partial charge in [0.15, 0.2) is 5.79 Å². The molecule has 3 aliphatic carbocycles. The third-order valence-corrected chi connectivity index (χ3v) is 14.0. The summed E-state index contributed by atoms with van der Waals surface area (Å²) >= 11 is 0. The van der Waals surface area contributed by atoms with Crippen molar-refractivity contribution < 1.29 is 29.9 Å². The van der Waals surface area contributed by atoms with Crippen molar-refractivity contribution in [2.45, 2.75) is 88.6 Å². The number of aliphatic hydroxyl groups is 4. The Balaban J connectivity index is 0.00000140. The minimum absolute atomic E-state index is 0.0509. The lowest BCUT2D eigenvalue weighted by molar-refractivity contribution is -0.412. The van der Waals surface area contributed by atoms with E-state index in [9.17, 15) is 20.4 Å². The van der Waals surface area contributed by atoms with Gasteiger partial charge in [-0.05, 0) is 113 Å². The highest BCUT2D eigenvalue weighted by Gasteiger charge is 2.65. The number of aliphatic hydroxyl groups excluding tert-OH is 3. The molecule has 2 saturated heterocycles. The summed E-state index contributed by atoms with van der Waals surface area (Å²) in [5.41, 5.74) is 9.46. The smallest absolute Gasteiger partial charge is 0.197 e. The highest BCUT2D eigenvalue weighted by atomic mass is 16.7. The van der Waals surface area contributed by atoms with E-state index in [1.165, 1.54) is 120 Å². The number of hydrogen-bond acceptors (Lipinski definition) is 6. The SMILES string of the molecule is CC.OCC1OC2(OCCn3c4c5cc6c7c8c(cc9ccc%10cc%11c%12c%13c(cc(c3c%13c(c3c8c9c%10c%123)c74)CC5)C%11)C6)CC(O)C1(O)CC2O. The molecule has 5 atom stereocenters. The molecule has 9 aromatic rings. The lowest BCUT2D eigenvalue weighted by Gasteiger charge is -2.58. The molecule has 51 heavy (non-hydrogen) atoms. The molecule has 254 valence electrons. The number of ether oxygens (including phenoxy) is 2. The first-order valence-corrected chi connectivity index (χ1v) is 18.9. The molecule has 15 rings (SSSR count). The summed E-state index contributed by atoms with van der Waals surface area (Å²) in [7, 11) is 0. The molecule has 8 aromatic carbocycles. The summed E-state index contributed by atoms with van der Waals surface area (Å²) in [5, 5.41) is 63.2. The number of fused-ring (bicyclic) bond motifs is 3. The van der Waals surface area contributed by atoms with Gasteiger partial charge in [0, 0.05) is 40.9 Å². The molecule has 7 heteroatoms. The largest absolute Gasteiger partial charge is 0.394 e. The quantitative estimate of drug-likeness (QED) is 0.119. The Hall–Kier alpha value is -4.08. The van der Waals surface area contributed by atoms with E-state index >= 15 is 0 Å². The van der Waals surface area contributed by atoms with Crippen molar-refractivity contribution in [3.63, 3.8) is 0 Å². The maximum absolute atomic E-state index is 11.2. The van der Waals surface area contributed by atoms with E-state index in [4.69, 9.17) is 9.47 Å². The van der Waals surface area contributed by atoms with Crippen LogP contribution in [0.2, 0.25) is 0 Å². The maximum atomic E-state index is 11.2. The van der Waals surface area contributed by atoms with E-state index < -0.39 is 36.3 Å². The van der Waals surface area contributed by atoms with Gasteiger partial charge in [-0.15, -0.1) is 0 Å². The standard InChI is InChI=1S/C42H31NO6.C2H6/c44-15-26-41(47)13-25(46)42(49-26,14-24(41)45)48-6-5-43-39-18-3-4-19-10-23-12-21-8-17-2-1-16-7-20-11-22(9-18)31-29(20)33-27(16)28(17)34-30(21)32(23)38(40(19)43)36(35(33)34)37(31)39;1-2/h1-2,7-10,24-26,44-47H,3-6,11-15H2;1-2H3. The van der Waals surface area contributed by atoms with E-state index in [0.29, 0.717) is 6.54 Å². The molecule has 7 nitrogen and oxygen atoms in total. The number of hydrogen-bond donors (Lipinski definition) is 4.